The van der Waals surface area contributed by atoms with E-state index in [-0.39, 0.29) is 6.04 Å². The summed E-state index contributed by atoms with van der Waals surface area (Å²) in [5.74, 6) is 0.911. The minimum Gasteiger partial charge on any atom is -0.489 e. The normalized spacial score (nSPS) is 12.1. The Labute approximate surface area is 132 Å². The number of halogens is 1. The van der Waals surface area contributed by atoms with Gasteiger partial charge in [0, 0.05) is 22.2 Å². The van der Waals surface area contributed by atoms with Crippen molar-refractivity contribution >= 4 is 11.6 Å². The summed E-state index contributed by atoms with van der Waals surface area (Å²) < 4.78 is 5.98. The average Bonchev–Trinajstić information content (AvgIpc) is 2.52. The molecule has 0 heterocycles. The van der Waals surface area contributed by atoms with E-state index in [9.17, 15) is 0 Å². The molecule has 21 heavy (non-hydrogen) atoms. The lowest BCUT2D eigenvalue weighted by Crippen LogP contribution is -2.20. The molecule has 3 heteroatoms. The highest BCUT2D eigenvalue weighted by molar-refractivity contribution is 6.31. The quantitative estimate of drug-likeness (QED) is 0.779. The molecule has 0 fully saturated rings. The van der Waals surface area contributed by atoms with Crippen LogP contribution in [0.2, 0.25) is 5.02 Å². The van der Waals surface area contributed by atoms with E-state index in [0.29, 0.717) is 6.61 Å². The summed E-state index contributed by atoms with van der Waals surface area (Å²) >= 11 is 6.17. The van der Waals surface area contributed by atoms with Gasteiger partial charge in [-0.05, 0) is 32.0 Å². The highest BCUT2D eigenvalue weighted by atomic mass is 35.5. The first kappa shape index (κ1) is 15.9. The first-order valence-electron chi connectivity index (χ1n) is 7.41. The summed E-state index contributed by atoms with van der Waals surface area (Å²) in [6, 6.07) is 16.2. The molecule has 0 aliphatic heterocycles. The van der Waals surface area contributed by atoms with Gasteiger partial charge in [0.05, 0.1) is 0 Å². The lowest BCUT2D eigenvalue weighted by atomic mass is 10.1. The van der Waals surface area contributed by atoms with E-state index in [4.69, 9.17) is 16.3 Å². The van der Waals surface area contributed by atoms with Gasteiger partial charge in [-0.2, -0.15) is 0 Å². The fraction of sp³-hybridized carbons (Fsp3) is 0.333. The Bertz CT molecular complexity index is 571. The van der Waals surface area contributed by atoms with E-state index in [0.717, 1.165) is 29.3 Å². The predicted molar refractivity (Wildman–Crippen MR) is 88.9 cm³/mol. The minimum absolute atomic E-state index is 0.271. The second kappa shape index (κ2) is 8.06. The third-order valence-electron chi connectivity index (χ3n) is 3.43. The van der Waals surface area contributed by atoms with E-state index in [1.165, 1.54) is 5.56 Å². The lowest BCUT2D eigenvalue weighted by Gasteiger charge is -2.18. The van der Waals surface area contributed by atoms with Crippen molar-refractivity contribution in [1.82, 2.24) is 5.32 Å². The van der Waals surface area contributed by atoms with Crippen molar-refractivity contribution in [3.8, 4) is 5.75 Å². The van der Waals surface area contributed by atoms with Gasteiger partial charge in [0.25, 0.3) is 0 Å². The van der Waals surface area contributed by atoms with Crippen LogP contribution in [0.3, 0.4) is 0 Å². The summed E-state index contributed by atoms with van der Waals surface area (Å²) in [4.78, 5) is 0. The fourth-order valence-electron chi connectivity index (χ4n) is 2.21. The molecule has 0 bridgehead atoms. The lowest BCUT2D eigenvalue weighted by molar-refractivity contribution is 0.300. The smallest absolute Gasteiger partial charge is 0.124 e. The monoisotopic (exact) mass is 303 g/mol. The third-order valence-corrected chi connectivity index (χ3v) is 3.80. The van der Waals surface area contributed by atoms with Crippen LogP contribution in [-0.4, -0.2) is 6.54 Å². The molecule has 0 aliphatic carbocycles. The second-order valence-corrected chi connectivity index (χ2v) is 5.50. The van der Waals surface area contributed by atoms with Gasteiger partial charge in [0.1, 0.15) is 12.4 Å². The number of benzene rings is 2. The molecule has 0 saturated carbocycles. The van der Waals surface area contributed by atoms with E-state index in [1.807, 2.05) is 42.5 Å². The van der Waals surface area contributed by atoms with Crippen LogP contribution in [0.15, 0.2) is 48.5 Å². The van der Waals surface area contributed by atoms with Crippen LogP contribution in [0.5, 0.6) is 5.75 Å². The summed E-state index contributed by atoms with van der Waals surface area (Å²) in [6.45, 7) is 5.81. The molecule has 2 rings (SSSR count). The number of ether oxygens (including phenoxy) is 1. The topological polar surface area (TPSA) is 21.3 Å². The Morgan fingerprint density at radius 1 is 1.10 bits per heavy atom. The van der Waals surface area contributed by atoms with Gasteiger partial charge in [-0.3, -0.25) is 0 Å². The molecule has 0 amide bonds. The number of hydrogen-bond acceptors (Lipinski definition) is 2. The zero-order chi connectivity index (χ0) is 15.1. The van der Waals surface area contributed by atoms with E-state index in [2.05, 4.69) is 25.2 Å². The Kier molecular flexibility index (Phi) is 6.09. The number of nitrogens with one attached hydrogen (secondary N) is 1. The van der Waals surface area contributed by atoms with Gasteiger partial charge in [0.15, 0.2) is 0 Å². The fourth-order valence-corrected chi connectivity index (χ4v) is 2.40. The molecular weight excluding hydrogens is 282 g/mol. The van der Waals surface area contributed by atoms with Crippen LogP contribution in [0, 0.1) is 0 Å². The predicted octanol–water partition coefficient (Wildman–Crippen LogP) is 4.98. The van der Waals surface area contributed by atoms with Gasteiger partial charge < -0.3 is 10.1 Å². The molecule has 1 atom stereocenters. The van der Waals surface area contributed by atoms with Gasteiger partial charge in [0.2, 0.25) is 0 Å². The maximum absolute atomic E-state index is 6.17. The van der Waals surface area contributed by atoms with Crippen molar-refractivity contribution in [2.75, 3.05) is 6.54 Å². The Morgan fingerprint density at radius 2 is 1.81 bits per heavy atom. The molecular formula is C18H22ClNO. The number of para-hydroxylation sites is 1. The summed E-state index contributed by atoms with van der Waals surface area (Å²) in [5, 5.41) is 4.24. The van der Waals surface area contributed by atoms with Crippen molar-refractivity contribution in [1.29, 1.82) is 0 Å². The first-order chi connectivity index (χ1) is 10.2. The number of hydrogen-bond donors (Lipinski definition) is 1. The number of rotatable bonds is 7. The van der Waals surface area contributed by atoms with Crippen LogP contribution in [0.4, 0.5) is 0 Å². The molecule has 0 spiro atoms. The Morgan fingerprint density at radius 3 is 2.57 bits per heavy atom. The van der Waals surface area contributed by atoms with E-state index < -0.39 is 0 Å². The molecule has 2 aromatic carbocycles. The highest BCUT2D eigenvalue weighted by Crippen LogP contribution is 2.26. The van der Waals surface area contributed by atoms with Gasteiger partial charge in [-0.15, -0.1) is 0 Å². The molecule has 112 valence electrons. The SMILES string of the molecule is CCCNC(C)c1ccccc1OCc1ccccc1Cl. The van der Waals surface area contributed by atoms with Gasteiger partial charge in [-0.25, -0.2) is 0 Å². The second-order valence-electron chi connectivity index (χ2n) is 5.09. The molecule has 2 aromatic rings. The zero-order valence-electron chi connectivity index (χ0n) is 12.6. The molecule has 1 N–H and O–H groups in total. The Balaban J connectivity index is 2.08. The van der Waals surface area contributed by atoms with Crippen molar-refractivity contribution in [3.05, 3.63) is 64.7 Å². The molecule has 2 nitrogen and oxygen atoms in total. The van der Waals surface area contributed by atoms with E-state index >= 15 is 0 Å². The minimum atomic E-state index is 0.271. The van der Waals surface area contributed by atoms with Crippen molar-refractivity contribution in [2.45, 2.75) is 32.9 Å². The summed E-state index contributed by atoms with van der Waals surface area (Å²) in [5.41, 5.74) is 2.18. The van der Waals surface area contributed by atoms with Crippen LogP contribution >= 0.6 is 11.6 Å². The van der Waals surface area contributed by atoms with Crippen molar-refractivity contribution in [3.63, 3.8) is 0 Å². The standard InChI is InChI=1S/C18H22ClNO/c1-3-12-20-14(2)16-9-5-7-11-18(16)21-13-15-8-4-6-10-17(15)19/h4-11,14,20H,3,12-13H2,1-2H3. The van der Waals surface area contributed by atoms with Crippen LogP contribution < -0.4 is 10.1 Å². The highest BCUT2D eigenvalue weighted by Gasteiger charge is 2.11. The maximum atomic E-state index is 6.17. The van der Waals surface area contributed by atoms with Crippen molar-refractivity contribution in [2.24, 2.45) is 0 Å². The Hall–Kier alpha value is -1.51. The van der Waals surface area contributed by atoms with E-state index in [1.54, 1.807) is 0 Å². The molecule has 0 aromatic heterocycles. The van der Waals surface area contributed by atoms with Crippen LogP contribution in [-0.2, 0) is 6.61 Å². The van der Waals surface area contributed by atoms with Crippen LogP contribution in [0.25, 0.3) is 0 Å². The molecule has 0 aliphatic rings. The van der Waals surface area contributed by atoms with Gasteiger partial charge in [-0.1, -0.05) is 54.9 Å². The molecule has 0 radical (unpaired) electrons. The summed E-state index contributed by atoms with van der Waals surface area (Å²) in [6.07, 6.45) is 1.12. The third kappa shape index (κ3) is 4.48. The first-order valence-corrected chi connectivity index (χ1v) is 7.78. The maximum Gasteiger partial charge on any atom is 0.124 e. The zero-order valence-corrected chi connectivity index (χ0v) is 13.4. The summed E-state index contributed by atoms with van der Waals surface area (Å²) in [7, 11) is 0. The van der Waals surface area contributed by atoms with Crippen molar-refractivity contribution < 1.29 is 4.74 Å². The van der Waals surface area contributed by atoms with Crippen LogP contribution in [0.1, 0.15) is 37.4 Å². The largest absolute Gasteiger partial charge is 0.489 e. The molecule has 1 unspecified atom stereocenters. The van der Waals surface area contributed by atoms with Gasteiger partial charge >= 0.3 is 0 Å². The molecule has 0 saturated heterocycles. The average molecular weight is 304 g/mol.